The molecule has 1 saturated heterocycles. The first-order chi connectivity index (χ1) is 7.83. The van der Waals surface area contributed by atoms with Gasteiger partial charge in [-0.15, -0.1) is 0 Å². The molecule has 1 aliphatic rings. The van der Waals surface area contributed by atoms with Gasteiger partial charge < -0.3 is 11.1 Å². The van der Waals surface area contributed by atoms with Crippen LogP contribution in [0.5, 0.6) is 0 Å². The van der Waals surface area contributed by atoms with Gasteiger partial charge in [-0.05, 0) is 62.4 Å². The highest BCUT2D eigenvalue weighted by Crippen LogP contribution is 2.31. The van der Waals surface area contributed by atoms with E-state index in [0.717, 1.165) is 25.6 Å². The summed E-state index contributed by atoms with van der Waals surface area (Å²) in [5.41, 5.74) is 8.83. The Morgan fingerprint density at radius 1 is 1.31 bits per heavy atom. The number of rotatable bonds is 3. The van der Waals surface area contributed by atoms with Crippen molar-refractivity contribution >= 4 is 0 Å². The van der Waals surface area contributed by atoms with Gasteiger partial charge in [0.2, 0.25) is 0 Å². The van der Waals surface area contributed by atoms with Crippen molar-refractivity contribution in [3.63, 3.8) is 0 Å². The third kappa shape index (κ3) is 2.45. The molecule has 0 bridgehead atoms. The first-order valence-corrected chi connectivity index (χ1v) is 6.29. The van der Waals surface area contributed by atoms with Crippen molar-refractivity contribution in [1.82, 2.24) is 5.32 Å². The summed E-state index contributed by atoms with van der Waals surface area (Å²) in [6, 6.07) is 8.68. The molecule has 3 N–H and O–H groups in total. The van der Waals surface area contributed by atoms with Crippen LogP contribution in [0, 0.1) is 12.8 Å². The molecule has 1 heterocycles. The highest BCUT2D eigenvalue weighted by molar-refractivity contribution is 5.30. The van der Waals surface area contributed by atoms with E-state index in [1.165, 1.54) is 24.0 Å². The van der Waals surface area contributed by atoms with Crippen molar-refractivity contribution < 1.29 is 0 Å². The minimum absolute atomic E-state index is 0.545. The first-order valence-electron chi connectivity index (χ1n) is 6.29. The van der Waals surface area contributed by atoms with E-state index in [1.807, 2.05) is 0 Å². The quantitative estimate of drug-likeness (QED) is 0.814. The van der Waals surface area contributed by atoms with Crippen molar-refractivity contribution in [2.24, 2.45) is 11.7 Å². The molecule has 0 spiro atoms. The van der Waals surface area contributed by atoms with Gasteiger partial charge in [0.25, 0.3) is 0 Å². The smallest absolute Gasteiger partial charge is 0.000545 e. The Kier molecular flexibility index (Phi) is 3.97. The van der Waals surface area contributed by atoms with Crippen LogP contribution in [-0.2, 0) is 0 Å². The van der Waals surface area contributed by atoms with Crippen LogP contribution < -0.4 is 11.1 Å². The fraction of sp³-hybridized carbons (Fsp3) is 0.571. The van der Waals surface area contributed by atoms with E-state index in [4.69, 9.17) is 5.73 Å². The third-order valence-electron chi connectivity index (χ3n) is 3.79. The Labute approximate surface area is 98.2 Å². The Morgan fingerprint density at radius 2 is 2.00 bits per heavy atom. The van der Waals surface area contributed by atoms with Gasteiger partial charge in [0, 0.05) is 0 Å². The SMILES string of the molecule is Cc1ccccc1C(CN)C1CCNCC1. The zero-order valence-corrected chi connectivity index (χ0v) is 10.1. The van der Waals surface area contributed by atoms with E-state index in [2.05, 4.69) is 36.5 Å². The lowest BCUT2D eigenvalue weighted by molar-refractivity contribution is 0.320. The molecule has 88 valence electrons. The molecule has 0 radical (unpaired) electrons. The summed E-state index contributed by atoms with van der Waals surface area (Å²) >= 11 is 0. The summed E-state index contributed by atoms with van der Waals surface area (Å²) < 4.78 is 0. The number of benzene rings is 1. The van der Waals surface area contributed by atoms with E-state index in [0.29, 0.717) is 5.92 Å². The number of hydrogen-bond acceptors (Lipinski definition) is 2. The second-order valence-corrected chi connectivity index (χ2v) is 4.79. The Morgan fingerprint density at radius 3 is 2.62 bits per heavy atom. The molecule has 1 aromatic rings. The van der Waals surface area contributed by atoms with Gasteiger partial charge in [-0.1, -0.05) is 24.3 Å². The van der Waals surface area contributed by atoms with E-state index in [1.54, 1.807) is 0 Å². The van der Waals surface area contributed by atoms with Gasteiger partial charge in [0.15, 0.2) is 0 Å². The van der Waals surface area contributed by atoms with Gasteiger partial charge >= 0.3 is 0 Å². The highest BCUT2D eigenvalue weighted by atomic mass is 14.9. The van der Waals surface area contributed by atoms with E-state index < -0.39 is 0 Å². The number of nitrogens with one attached hydrogen (secondary N) is 1. The number of piperidine rings is 1. The summed E-state index contributed by atoms with van der Waals surface area (Å²) in [6.07, 6.45) is 2.52. The average Bonchev–Trinajstić information content (AvgIpc) is 2.34. The number of hydrogen-bond donors (Lipinski definition) is 2. The van der Waals surface area contributed by atoms with Crippen molar-refractivity contribution in [2.75, 3.05) is 19.6 Å². The molecule has 1 fully saturated rings. The summed E-state index contributed by atoms with van der Waals surface area (Å²) in [5, 5.41) is 3.42. The molecule has 1 aliphatic heterocycles. The predicted octanol–water partition coefficient (Wildman–Crippen LogP) is 2.04. The average molecular weight is 218 g/mol. The molecule has 0 amide bonds. The Bertz CT molecular complexity index is 329. The number of nitrogens with two attached hydrogens (primary N) is 1. The molecule has 1 unspecified atom stereocenters. The fourth-order valence-corrected chi connectivity index (χ4v) is 2.82. The Hall–Kier alpha value is -0.860. The second-order valence-electron chi connectivity index (χ2n) is 4.79. The largest absolute Gasteiger partial charge is 0.330 e. The Balaban J connectivity index is 2.18. The summed E-state index contributed by atoms with van der Waals surface area (Å²) in [5.74, 6) is 1.30. The zero-order valence-electron chi connectivity index (χ0n) is 10.1. The van der Waals surface area contributed by atoms with Crippen LogP contribution >= 0.6 is 0 Å². The molecule has 1 atom stereocenters. The van der Waals surface area contributed by atoms with Crippen LogP contribution in [0.2, 0.25) is 0 Å². The minimum Gasteiger partial charge on any atom is -0.330 e. The van der Waals surface area contributed by atoms with Crippen LogP contribution in [-0.4, -0.2) is 19.6 Å². The van der Waals surface area contributed by atoms with Crippen LogP contribution in [0.25, 0.3) is 0 Å². The normalized spacial score (nSPS) is 19.6. The van der Waals surface area contributed by atoms with Crippen molar-refractivity contribution in [3.8, 4) is 0 Å². The topological polar surface area (TPSA) is 38.0 Å². The highest BCUT2D eigenvalue weighted by Gasteiger charge is 2.24. The van der Waals surface area contributed by atoms with E-state index in [9.17, 15) is 0 Å². The maximum atomic E-state index is 5.98. The minimum atomic E-state index is 0.545. The van der Waals surface area contributed by atoms with Crippen LogP contribution in [0.4, 0.5) is 0 Å². The molecular formula is C14H22N2. The second kappa shape index (κ2) is 5.46. The summed E-state index contributed by atoms with van der Waals surface area (Å²) in [7, 11) is 0. The zero-order chi connectivity index (χ0) is 11.4. The van der Waals surface area contributed by atoms with Crippen LogP contribution in [0.15, 0.2) is 24.3 Å². The van der Waals surface area contributed by atoms with Gasteiger partial charge in [0.05, 0.1) is 0 Å². The lowest BCUT2D eigenvalue weighted by atomic mass is 9.79. The van der Waals surface area contributed by atoms with Crippen LogP contribution in [0.3, 0.4) is 0 Å². The van der Waals surface area contributed by atoms with Crippen molar-refractivity contribution in [1.29, 1.82) is 0 Å². The molecule has 0 aliphatic carbocycles. The monoisotopic (exact) mass is 218 g/mol. The first kappa shape index (κ1) is 11.6. The fourth-order valence-electron chi connectivity index (χ4n) is 2.82. The van der Waals surface area contributed by atoms with E-state index in [-0.39, 0.29) is 0 Å². The van der Waals surface area contributed by atoms with Crippen molar-refractivity contribution in [2.45, 2.75) is 25.7 Å². The molecule has 0 aromatic heterocycles. The van der Waals surface area contributed by atoms with Gasteiger partial charge in [-0.2, -0.15) is 0 Å². The molecule has 0 saturated carbocycles. The van der Waals surface area contributed by atoms with Gasteiger partial charge in [-0.25, -0.2) is 0 Å². The molecular weight excluding hydrogens is 196 g/mol. The molecule has 2 heteroatoms. The standard InChI is InChI=1S/C14H22N2/c1-11-4-2-3-5-13(11)14(10-15)12-6-8-16-9-7-12/h2-5,12,14,16H,6-10,15H2,1H3. The third-order valence-corrected chi connectivity index (χ3v) is 3.79. The number of aryl methyl sites for hydroxylation is 1. The molecule has 2 nitrogen and oxygen atoms in total. The lowest BCUT2D eigenvalue weighted by Gasteiger charge is -2.31. The molecule has 1 aromatic carbocycles. The lowest BCUT2D eigenvalue weighted by Crippen LogP contribution is -2.33. The van der Waals surface area contributed by atoms with E-state index >= 15 is 0 Å². The molecule has 2 rings (SSSR count). The van der Waals surface area contributed by atoms with Gasteiger partial charge in [-0.3, -0.25) is 0 Å². The maximum absolute atomic E-state index is 5.98. The molecule has 16 heavy (non-hydrogen) atoms. The summed E-state index contributed by atoms with van der Waals surface area (Å²) in [6.45, 7) is 5.26. The summed E-state index contributed by atoms with van der Waals surface area (Å²) in [4.78, 5) is 0. The predicted molar refractivity (Wildman–Crippen MR) is 68.6 cm³/mol. The van der Waals surface area contributed by atoms with Gasteiger partial charge in [0.1, 0.15) is 0 Å². The van der Waals surface area contributed by atoms with Crippen molar-refractivity contribution in [3.05, 3.63) is 35.4 Å². The van der Waals surface area contributed by atoms with Crippen LogP contribution in [0.1, 0.15) is 29.9 Å². The maximum Gasteiger partial charge on any atom is -0.000545 e.